The van der Waals surface area contributed by atoms with Crippen molar-refractivity contribution in [1.82, 2.24) is 14.9 Å². The Hall–Kier alpha value is -1.53. The molecule has 2 aromatic rings. The summed E-state index contributed by atoms with van der Waals surface area (Å²) in [5.41, 5.74) is 0.492. The highest BCUT2D eigenvalue weighted by molar-refractivity contribution is 7.99. The Morgan fingerprint density at radius 1 is 1.37 bits per heavy atom. The zero-order valence-electron chi connectivity index (χ0n) is 15.8. The molecule has 1 aliphatic carbocycles. The van der Waals surface area contributed by atoms with Gasteiger partial charge in [-0.3, -0.25) is 14.2 Å². The maximum atomic E-state index is 12.8. The van der Waals surface area contributed by atoms with Gasteiger partial charge in [0.2, 0.25) is 5.91 Å². The fraction of sp³-hybridized carbons (Fsp3) is 0.550. The molecule has 1 fully saturated rings. The minimum Gasteiger partial charge on any atom is -0.352 e. The zero-order chi connectivity index (χ0) is 19.4. The second-order valence-corrected chi connectivity index (χ2v) is 8.62. The Labute approximate surface area is 168 Å². The minimum atomic E-state index is -0.0812. The van der Waals surface area contributed by atoms with Crippen LogP contribution in [-0.2, 0) is 11.3 Å². The lowest BCUT2D eigenvalue weighted by molar-refractivity contribution is -0.119. The number of amides is 1. The Kier molecular flexibility index (Phi) is 6.82. The number of aromatic nitrogens is 2. The van der Waals surface area contributed by atoms with Gasteiger partial charge in [0.1, 0.15) is 0 Å². The summed E-state index contributed by atoms with van der Waals surface area (Å²) < 4.78 is 1.66. The maximum Gasteiger partial charge on any atom is 0.262 e. The van der Waals surface area contributed by atoms with Gasteiger partial charge in [0.05, 0.1) is 16.7 Å². The quantitative estimate of drug-likeness (QED) is 0.574. The molecule has 0 bridgehead atoms. The lowest BCUT2D eigenvalue weighted by atomic mass is 9.86. The van der Waals surface area contributed by atoms with E-state index in [4.69, 9.17) is 11.6 Å². The predicted octanol–water partition coefficient (Wildman–Crippen LogP) is 4.25. The SMILES string of the molecule is CCCn1c(SCC(=O)NC2CCCCC2C)nc2cc(Cl)ccc2c1=O. The Morgan fingerprint density at radius 3 is 2.89 bits per heavy atom. The largest absolute Gasteiger partial charge is 0.352 e. The third kappa shape index (κ3) is 4.85. The van der Waals surface area contributed by atoms with E-state index in [1.54, 1.807) is 22.8 Å². The average Bonchev–Trinajstić information content (AvgIpc) is 2.64. The van der Waals surface area contributed by atoms with Crippen LogP contribution in [0.15, 0.2) is 28.2 Å². The fourth-order valence-electron chi connectivity index (χ4n) is 3.61. The molecule has 1 aromatic heterocycles. The number of rotatable bonds is 6. The molecule has 2 unspecified atom stereocenters. The van der Waals surface area contributed by atoms with Crippen molar-refractivity contribution in [2.24, 2.45) is 5.92 Å². The van der Waals surface area contributed by atoms with Gasteiger partial charge < -0.3 is 5.32 Å². The molecule has 5 nitrogen and oxygen atoms in total. The summed E-state index contributed by atoms with van der Waals surface area (Å²) >= 11 is 7.37. The molecular formula is C20H26ClN3O2S. The summed E-state index contributed by atoms with van der Waals surface area (Å²) in [4.78, 5) is 29.9. The van der Waals surface area contributed by atoms with Crippen molar-refractivity contribution in [3.63, 3.8) is 0 Å². The highest BCUT2D eigenvalue weighted by Gasteiger charge is 2.23. The first-order valence-electron chi connectivity index (χ1n) is 9.62. The summed E-state index contributed by atoms with van der Waals surface area (Å²) in [6, 6.07) is 5.37. The lowest BCUT2D eigenvalue weighted by Gasteiger charge is -2.29. The molecule has 7 heteroatoms. The van der Waals surface area contributed by atoms with Crippen LogP contribution in [0.4, 0.5) is 0 Å². The molecular weight excluding hydrogens is 382 g/mol. The lowest BCUT2D eigenvalue weighted by Crippen LogP contribution is -2.41. The number of hydrogen-bond donors (Lipinski definition) is 1. The number of carbonyl (C=O) groups is 1. The molecule has 1 N–H and O–H groups in total. The molecule has 1 saturated carbocycles. The van der Waals surface area contributed by atoms with Crippen LogP contribution in [0.3, 0.4) is 0 Å². The summed E-state index contributed by atoms with van der Waals surface area (Å²) in [5, 5.41) is 4.83. The van der Waals surface area contributed by atoms with E-state index in [2.05, 4.69) is 17.2 Å². The van der Waals surface area contributed by atoms with E-state index in [-0.39, 0.29) is 23.3 Å². The van der Waals surface area contributed by atoms with Gasteiger partial charge in [-0.15, -0.1) is 0 Å². The van der Waals surface area contributed by atoms with Gasteiger partial charge in [-0.25, -0.2) is 4.98 Å². The first kappa shape index (κ1) is 20.2. The van der Waals surface area contributed by atoms with E-state index in [0.717, 1.165) is 12.8 Å². The van der Waals surface area contributed by atoms with Crippen molar-refractivity contribution in [1.29, 1.82) is 0 Å². The normalized spacial score (nSPS) is 20.0. The smallest absolute Gasteiger partial charge is 0.262 e. The number of thioether (sulfide) groups is 1. The molecule has 0 spiro atoms. The first-order chi connectivity index (χ1) is 13.0. The molecule has 27 heavy (non-hydrogen) atoms. The van der Waals surface area contributed by atoms with E-state index < -0.39 is 0 Å². The van der Waals surface area contributed by atoms with Gasteiger partial charge in [0.25, 0.3) is 5.56 Å². The molecule has 0 aliphatic heterocycles. The highest BCUT2D eigenvalue weighted by atomic mass is 35.5. The molecule has 2 atom stereocenters. The Morgan fingerprint density at radius 2 is 2.15 bits per heavy atom. The number of nitrogens with zero attached hydrogens (tertiary/aromatic N) is 2. The van der Waals surface area contributed by atoms with Crippen LogP contribution in [0, 0.1) is 5.92 Å². The van der Waals surface area contributed by atoms with E-state index >= 15 is 0 Å². The molecule has 1 amide bonds. The van der Waals surface area contributed by atoms with E-state index in [0.29, 0.717) is 33.5 Å². The Balaban J connectivity index is 1.77. The zero-order valence-corrected chi connectivity index (χ0v) is 17.4. The van der Waals surface area contributed by atoms with Crippen LogP contribution in [0.5, 0.6) is 0 Å². The third-order valence-corrected chi connectivity index (χ3v) is 6.33. The molecule has 1 heterocycles. The fourth-order valence-corrected chi connectivity index (χ4v) is 4.62. The second kappa shape index (κ2) is 9.11. The van der Waals surface area contributed by atoms with Gasteiger partial charge in [-0.05, 0) is 43.4 Å². The predicted molar refractivity (Wildman–Crippen MR) is 112 cm³/mol. The number of fused-ring (bicyclic) bond motifs is 1. The summed E-state index contributed by atoms with van der Waals surface area (Å²) in [7, 11) is 0. The van der Waals surface area contributed by atoms with Crippen LogP contribution < -0.4 is 10.9 Å². The summed E-state index contributed by atoms with van der Waals surface area (Å²) in [5.74, 6) is 0.778. The van der Waals surface area contributed by atoms with Crippen LogP contribution in [-0.4, -0.2) is 27.3 Å². The molecule has 1 aromatic carbocycles. The molecule has 0 radical (unpaired) electrons. The van der Waals surface area contributed by atoms with Crippen molar-refractivity contribution in [2.75, 3.05) is 5.75 Å². The van der Waals surface area contributed by atoms with Crippen LogP contribution in [0.25, 0.3) is 10.9 Å². The van der Waals surface area contributed by atoms with Gasteiger partial charge in [0.15, 0.2) is 5.16 Å². The molecule has 146 valence electrons. The number of hydrogen-bond acceptors (Lipinski definition) is 4. The summed E-state index contributed by atoms with van der Waals surface area (Å²) in [6.07, 6.45) is 5.45. The van der Waals surface area contributed by atoms with Gasteiger partial charge in [-0.2, -0.15) is 0 Å². The molecule has 0 saturated heterocycles. The standard InChI is InChI=1S/C20H26ClN3O2S/c1-3-10-24-19(26)15-9-8-14(21)11-17(15)23-20(24)27-12-18(25)22-16-7-5-4-6-13(16)2/h8-9,11,13,16H,3-7,10,12H2,1-2H3,(H,22,25). The molecule has 3 rings (SSSR count). The van der Waals surface area contributed by atoms with E-state index in [1.807, 2.05) is 6.92 Å². The van der Waals surface area contributed by atoms with Crippen molar-refractivity contribution in [3.05, 3.63) is 33.6 Å². The van der Waals surface area contributed by atoms with Crippen LogP contribution in [0.2, 0.25) is 5.02 Å². The Bertz CT molecular complexity index is 883. The number of carbonyl (C=O) groups excluding carboxylic acids is 1. The monoisotopic (exact) mass is 407 g/mol. The van der Waals surface area contributed by atoms with Crippen molar-refractivity contribution in [2.45, 2.75) is 63.7 Å². The second-order valence-electron chi connectivity index (χ2n) is 7.24. The number of halogens is 1. The van der Waals surface area contributed by atoms with Crippen molar-refractivity contribution >= 4 is 40.2 Å². The third-order valence-electron chi connectivity index (χ3n) is 5.12. The van der Waals surface area contributed by atoms with Crippen molar-refractivity contribution < 1.29 is 4.79 Å². The highest BCUT2D eigenvalue weighted by Crippen LogP contribution is 2.24. The number of benzene rings is 1. The molecule has 1 aliphatic rings. The topological polar surface area (TPSA) is 64.0 Å². The van der Waals surface area contributed by atoms with Crippen LogP contribution >= 0.6 is 23.4 Å². The minimum absolute atomic E-state index is 0.00207. The van der Waals surface area contributed by atoms with E-state index in [9.17, 15) is 9.59 Å². The average molecular weight is 408 g/mol. The van der Waals surface area contributed by atoms with E-state index in [1.165, 1.54) is 31.0 Å². The first-order valence-corrected chi connectivity index (χ1v) is 11.0. The van der Waals surface area contributed by atoms with Gasteiger partial charge in [0, 0.05) is 17.6 Å². The van der Waals surface area contributed by atoms with Gasteiger partial charge >= 0.3 is 0 Å². The van der Waals surface area contributed by atoms with Gasteiger partial charge in [-0.1, -0.05) is 50.1 Å². The summed E-state index contributed by atoms with van der Waals surface area (Å²) in [6.45, 7) is 4.79. The maximum absolute atomic E-state index is 12.8. The van der Waals surface area contributed by atoms with Crippen LogP contribution in [0.1, 0.15) is 46.0 Å². The number of nitrogens with one attached hydrogen (secondary N) is 1. The van der Waals surface area contributed by atoms with Crippen molar-refractivity contribution in [3.8, 4) is 0 Å².